The number of rotatable bonds is 3. The molecule has 2 aromatic carbocycles. The second-order valence-corrected chi connectivity index (χ2v) is 4.37. The van der Waals surface area contributed by atoms with Gasteiger partial charge in [0.15, 0.2) is 0 Å². The van der Waals surface area contributed by atoms with Gasteiger partial charge in [0.25, 0.3) is 5.91 Å². The summed E-state index contributed by atoms with van der Waals surface area (Å²) in [5.74, 6) is -0.0701. The van der Waals surface area contributed by atoms with Crippen LogP contribution in [0.3, 0.4) is 0 Å². The zero-order valence-electron chi connectivity index (χ0n) is 12.2. The van der Waals surface area contributed by atoms with Gasteiger partial charge in [-0.2, -0.15) is 12.6 Å². The van der Waals surface area contributed by atoms with Crippen molar-refractivity contribution in [1.82, 2.24) is 0 Å². The van der Waals surface area contributed by atoms with Crippen LogP contribution in [-0.4, -0.2) is 12.2 Å². The van der Waals surface area contributed by atoms with Gasteiger partial charge in [-0.25, -0.2) is 0 Å². The summed E-state index contributed by atoms with van der Waals surface area (Å²) in [4.78, 5) is 12.0. The topological polar surface area (TPSA) is 29.1 Å². The monoisotopic (exact) mass is 287 g/mol. The van der Waals surface area contributed by atoms with Crippen LogP contribution in [0.5, 0.6) is 0 Å². The Kier molecular flexibility index (Phi) is 6.88. The molecule has 2 aromatic rings. The molecule has 1 amide bonds. The molecule has 0 aliphatic rings. The lowest BCUT2D eigenvalue weighted by Crippen LogP contribution is -2.11. The molecular formula is C17H21NOS. The van der Waals surface area contributed by atoms with Crippen LogP contribution >= 0.6 is 12.6 Å². The fourth-order valence-corrected chi connectivity index (χ4v) is 1.73. The van der Waals surface area contributed by atoms with Gasteiger partial charge in [-0.05, 0) is 49.4 Å². The lowest BCUT2D eigenvalue weighted by Gasteiger charge is -2.06. The molecule has 1 N–H and O–H groups in total. The third-order valence-electron chi connectivity index (χ3n) is 2.93. The lowest BCUT2D eigenvalue weighted by molar-refractivity contribution is 0.102. The molecule has 0 atom stereocenters. The number of hydrogen-bond donors (Lipinski definition) is 2. The number of anilines is 1. The molecule has 106 valence electrons. The summed E-state index contributed by atoms with van der Waals surface area (Å²) < 4.78 is 0. The molecule has 0 unspecified atom stereocenters. The number of aryl methyl sites for hydroxylation is 2. The number of carbonyl (C=O) groups excluding carboxylic acids is 1. The van der Waals surface area contributed by atoms with E-state index in [2.05, 4.69) is 24.9 Å². The van der Waals surface area contributed by atoms with Crippen LogP contribution in [-0.2, 0) is 6.42 Å². The van der Waals surface area contributed by atoms with E-state index in [4.69, 9.17) is 0 Å². The summed E-state index contributed by atoms with van der Waals surface area (Å²) in [6, 6.07) is 15.5. The molecule has 0 saturated carbocycles. The van der Waals surface area contributed by atoms with Crippen LogP contribution < -0.4 is 5.32 Å². The highest BCUT2D eigenvalue weighted by Crippen LogP contribution is 2.12. The second kappa shape index (κ2) is 8.43. The predicted molar refractivity (Wildman–Crippen MR) is 89.9 cm³/mol. The van der Waals surface area contributed by atoms with Gasteiger partial charge in [0.2, 0.25) is 0 Å². The maximum absolute atomic E-state index is 12.0. The fraction of sp³-hybridized carbons (Fsp3) is 0.235. The molecule has 2 rings (SSSR count). The average molecular weight is 287 g/mol. The molecular weight excluding hydrogens is 266 g/mol. The van der Waals surface area contributed by atoms with E-state index in [1.165, 1.54) is 5.56 Å². The average Bonchev–Trinajstić information content (AvgIpc) is 2.50. The molecule has 0 spiro atoms. The summed E-state index contributed by atoms with van der Waals surface area (Å²) in [6.07, 6.45) is 2.70. The van der Waals surface area contributed by atoms with Crippen molar-refractivity contribution >= 4 is 24.2 Å². The van der Waals surface area contributed by atoms with Crippen molar-refractivity contribution in [3.05, 3.63) is 65.2 Å². The maximum Gasteiger partial charge on any atom is 0.255 e. The largest absolute Gasteiger partial charge is 0.322 e. The zero-order chi connectivity index (χ0) is 15.0. The van der Waals surface area contributed by atoms with Crippen LogP contribution in [0, 0.1) is 6.92 Å². The number of carbonyl (C=O) groups is 1. The summed E-state index contributed by atoms with van der Waals surface area (Å²) in [5, 5.41) is 2.89. The van der Waals surface area contributed by atoms with Crippen LogP contribution in [0.4, 0.5) is 5.69 Å². The van der Waals surface area contributed by atoms with Gasteiger partial charge in [-0.15, -0.1) is 0 Å². The first-order valence-corrected chi connectivity index (χ1v) is 7.50. The number of nitrogens with one attached hydrogen (secondary N) is 1. The van der Waals surface area contributed by atoms with E-state index in [1.54, 1.807) is 6.26 Å². The molecule has 0 aromatic heterocycles. The highest BCUT2D eigenvalue weighted by molar-refractivity contribution is 7.79. The molecule has 20 heavy (non-hydrogen) atoms. The summed E-state index contributed by atoms with van der Waals surface area (Å²) in [5.41, 5.74) is 3.93. The summed E-state index contributed by atoms with van der Waals surface area (Å²) >= 11 is 3.53. The van der Waals surface area contributed by atoms with Gasteiger partial charge in [0, 0.05) is 11.3 Å². The third-order valence-corrected chi connectivity index (χ3v) is 2.93. The fourth-order valence-electron chi connectivity index (χ4n) is 1.73. The highest BCUT2D eigenvalue weighted by Gasteiger charge is 2.05. The minimum atomic E-state index is -0.0701. The molecule has 0 bridgehead atoms. The van der Waals surface area contributed by atoms with Crippen molar-refractivity contribution in [3.8, 4) is 0 Å². The number of benzene rings is 2. The quantitative estimate of drug-likeness (QED) is 0.807. The van der Waals surface area contributed by atoms with Gasteiger partial charge < -0.3 is 5.32 Å². The maximum atomic E-state index is 12.0. The van der Waals surface area contributed by atoms with Crippen molar-refractivity contribution in [2.45, 2.75) is 20.3 Å². The van der Waals surface area contributed by atoms with E-state index >= 15 is 0 Å². The van der Waals surface area contributed by atoms with Gasteiger partial charge in [-0.1, -0.05) is 36.8 Å². The number of hydrogen-bond acceptors (Lipinski definition) is 2. The van der Waals surface area contributed by atoms with Crippen molar-refractivity contribution in [2.75, 3.05) is 11.6 Å². The Morgan fingerprint density at radius 2 is 1.55 bits per heavy atom. The SMILES string of the molecule is CCc1ccc(NC(=O)c2ccc(C)cc2)cc1.CS. The third kappa shape index (κ3) is 4.74. The van der Waals surface area contributed by atoms with E-state index in [-0.39, 0.29) is 5.91 Å². The minimum absolute atomic E-state index is 0.0701. The Labute approximate surface area is 126 Å². The van der Waals surface area contributed by atoms with Crippen LogP contribution in [0.25, 0.3) is 0 Å². The van der Waals surface area contributed by atoms with Gasteiger partial charge in [0.1, 0.15) is 0 Å². The standard InChI is InChI=1S/C16H17NO.CH4S/c1-3-13-6-10-15(11-7-13)17-16(18)14-8-4-12(2)5-9-14;1-2/h4-11H,3H2,1-2H3,(H,17,18);2H,1H3. The first kappa shape index (κ1) is 16.3. The first-order valence-electron chi connectivity index (χ1n) is 6.60. The van der Waals surface area contributed by atoms with Gasteiger partial charge >= 0.3 is 0 Å². The summed E-state index contributed by atoms with van der Waals surface area (Å²) in [6.45, 7) is 4.12. The summed E-state index contributed by atoms with van der Waals surface area (Å²) in [7, 11) is 0. The van der Waals surface area contributed by atoms with E-state index < -0.39 is 0 Å². The molecule has 0 fully saturated rings. The Morgan fingerprint density at radius 3 is 2.05 bits per heavy atom. The zero-order valence-corrected chi connectivity index (χ0v) is 13.1. The molecule has 2 nitrogen and oxygen atoms in total. The van der Waals surface area contributed by atoms with E-state index in [0.717, 1.165) is 17.7 Å². The van der Waals surface area contributed by atoms with Gasteiger partial charge in [-0.3, -0.25) is 4.79 Å². The van der Waals surface area contributed by atoms with Crippen LogP contribution in [0.1, 0.15) is 28.4 Å². The Hall–Kier alpha value is -1.74. The molecule has 0 radical (unpaired) electrons. The van der Waals surface area contributed by atoms with Crippen molar-refractivity contribution < 1.29 is 4.79 Å². The van der Waals surface area contributed by atoms with Gasteiger partial charge in [0.05, 0.1) is 0 Å². The van der Waals surface area contributed by atoms with E-state index in [1.807, 2.05) is 55.5 Å². The lowest BCUT2D eigenvalue weighted by atomic mass is 10.1. The molecule has 0 heterocycles. The molecule has 0 aliphatic carbocycles. The second-order valence-electron chi connectivity index (χ2n) is 4.37. The Morgan fingerprint density at radius 1 is 1.00 bits per heavy atom. The van der Waals surface area contributed by atoms with Crippen LogP contribution in [0.15, 0.2) is 48.5 Å². The van der Waals surface area contributed by atoms with E-state index in [9.17, 15) is 4.79 Å². The van der Waals surface area contributed by atoms with Crippen molar-refractivity contribution in [3.63, 3.8) is 0 Å². The smallest absolute Gasteiger partial charge is 0.255 e. The first-order chi connectivity index (χ1) is 9.69. The normalized spacial score (nSPS) is 9.40. The molecule has 3 heteroatoms. The Bertz CT molecular complexity index is 532. The predicted octanol–water partition coefficient (Wildman–Crippen LogP) is 4.36. The number of amides is 1. The molecule has 0 saturated heterocycles. The highest BCUT2D eigenvalue weighted by atomic mass is 32.1. The minimum Gasteiger partial charge on any atom is -0.322 e. The Balaban J connectivity index is 0.000000956. The van der Waals surface area contributed by atoms with Crippen molar-refractivity contribution in [1.29, 1.82) is 0 Å². The van der Waals surface area contributed by atoms with Crippen molar-refractivity contribution in [2.24, 2.45) is 0 Å². The van der Waals surface area contributed by atoms with E-state index in [0.29, 0.717) is 5.56 Å². The molecule has 0 aliphatic heterocycles. The number of thiol groups is 1. The van der Waals surface area contributed by atoms with Crippen LogP contribution in [0.2, 0.25) is 0 Å².